The van der Waals surface area contributed by atoms with Crippen molar-refractivity contribution in [3.05, 3.63) is 77.4 Å². The molecule has 3 rings (SSSR count). The second kappa shape index (κ2) is 36.1. The first-order valence-electron chi connectivity index (χ1n) is 18.1. The fraction of sp³-hybridized carbons (Fsp3) is 0.500. The predicted octanol–water partition coefficient (Wildman–Crippen LogP) is 12.2. The van der Waals surface area contributed by atoms with Crippen molar-refractivity contribution in [3.8, 4) is 18.1 Å². The largest absolute Gasteiger partial charge is 0.508 e. The molecule has 2 N–H and O–H groups in total. The molecule has 0 aliphatic rings. The monoisotopic (exact) mass is 692 g/mol. The van der Waals surface area contributed by atoms with Gasteiger partial charge in [0.15, 0.2) is 5.78 Å². The van der Waals surface area contributed by atoms with Crippen LogP contribution in [0.25, 0.3) is 10.8 Å². The van der Waals surface area contributed by atoms with Crippen LogP contribution < -0.4 is 0 Å². The van der Waals surface area contributed by atoms with Crippen LogP contribution in [0.15, 0.2) is 60.7 Å². The second-order valence-corrected chi connectivity index (χ2v) is 11.4. The first-order chi connectivity index (χ1) is 23.7. The van der Waals surface area contributed by atoms with E-state index >= 15 is 0 Å². The van der Waals surface area contributed by atoms with Crippen molar-refractivity contribution in [1.82, 2.24) is 0 Å². The van der Waals surface area contributed by atoms with E-state index in [9.17, 15) is 19.5 Å². The third-order valence-corrected chi connectivity index (χ3v) is 6.75. The van der Waals surface area contributed by atoms with Crippen molar-refractivity contribution < 1.29 is 24.2 Å². The Morgan fingerprint density at radius 2 is 1.34 bits per heavy atom. The number of hydrogen-bond acceptors (Lipinski definition) is 6. The lowest BCUT2D eigenvalue weighted by Gasteiger charge is -2.07. The molecule has 0 spiro atoms. The number of carbonyl (C=O) groups excluding carboxylic acids is 3. The average molecular weight is 692 g/mol. The molecule has 1 atom stereocenters. The van der Waals surface area contributed by atoms with E-state index in [0.717, 1.165) is 49.3 Å². The third kappa shape index (κ3) is 28.7. The minimum atomic E-state index is -0.118. The van der Waals surface area contributed by atoms with Gasteiger partial charge in [-0.2, -0.15) is 0 Å². The highest BCUT2D eigenvalue weighted by Crippen LogP contribution is 2.20. The molecule has 1 unspecified atom stereocenters. The minimum Gasteiger partial charge on any atom is -0.508 e. The van der Waals surface area contributed by atoms with Gasteiger partial charge in [-0.1, -0.05) is 143 Å². The molecule has 0 aliphatic carbocycles. The number of ether oxygens (including phenoxy) is 1. The van der Waals surface area contributed by atoms with Gasteiger partial charge >= 0.3 is 5.97 Å². The van der Waals surface area contributed by atoms with Crippen LogP contribution in [0.3, 0.4) is 0 Å². The van der Waals surface area contributed by atoms with Gasteiger partial charge in [0.2, 0.25) is 0 Å². The van der Waals surface area contributed by atoms with Crippen LogP contribution in [-0.4, -0.2) is 36.0 Å². The molecular weight excluding hydrogens is 622 g/mol. The van der Waals surface area contributed by atoms with E-state index in [1.54, 1.807) is 31.2 Å². The molecule has 0 saturated carbocycles. The number of fused-ring (bicyclic) bond motifs is 1. The summed E-state index contributed by atoms with van der Waals surface area (Å²) < 4.78 is 4.46. The number of Topliss-reactive ketones (excluding diaryl/α,β-unsaturated/α-hetero) is 1. The highest BCUT2D eigenvalue weighted by Gasteiger charge is 2.08. The molecule has 0 heterocycles. The fourth-order valence-electron chi connectivity index (χ4n) is 3.23. The summed E-state index contributed by atoms with van der Waals surface area (Å²) in [6, 6.07) is 18.8. The van der Waals surface area contributed by atoms with Gasteiger partial charge in [-0.3, -0.25) is 9.59 Å². The van der Waals surface area contributed by atoms with Crippen molar-refractivity contribution in [3.63, 3.8) is 0 Å². The van der Waals surface area contributed by atoms with Crippen molar-refractivity contribution in [2.45, 2.75) is 128 Å². The smallest absolute Gasteiger partial charge is 0.308 e. The van der Waals surface area contributed by atoms with Gasteiger partial charge < -0.3 is 20.0 Å². The summed E-state index contributed by atoms with van der Waals surface area (Å²) in [6.07, 6.45) is 13.0. The number of benzene rings is 3. The number of phenolic OH excluding ortho intramolecular Hbond substituents is 1. The van der Waals surface area contributed by atoms with E-state index in [4.69, 9.17) is 11.8 Å². The summed E-state index contributed by atoms with van der Waals surface area (Å²) >= 11 is 0. The van der Waals surface area contributed by atoms with Gasteiger partial charge in [-0.15, -0.1) is 12.3 Å². The Labute approximate surface area is 306 Å². The molecule has 0 saturated heterocycles. The number of methoxy groups -OCH3 is 1. The van der Waals surface area contributed by atoms with E-state index in [-0.39, 0.29) is 23.6 Å². The number of terminal acetylenes is 1. The standard InChI is InChI=1S/C12H15NO.C11H10O.C6H12O2.C5H10O.C4H10.C4H6.C2H6/c1-8(2)12(13)11-6-4-10(5-7-11)9(3)14;1-8-2-3-10-7-11(12)5-4-9(10)6-8;1-4-5(2)6(7)8-3;1-2-3-4-5-6;2*1-3-4-2;1-2/h4-8,13H,1-3H3;2-7,12H,1H3;5H,4H2,1-3H3;5H,2-4H2,1H3;3-4H2,1-2H3;1H,4H2,2H3;1-2H3. The molecular formula is C44H69NO5. The van der Waals surface area contributed by atoms with Gasteiger partial charge in [0.25, 0.3) is 0 Å². The number of ketones is 1. The molecule has 0 fully saturated rings. The maximum Gasteiger partial charge on any atom is 0.308 e. The van der Waals surface area contributed by atoms with E-state index in [1.165, 1.54) is 30.9 Å². The highest BCUT2D eigenvalue weighted by atomic mass is 16.5. The van der Waals surface area contributed by atoms with Crippen LogP contribution in [0.2, 0.25) is 0 Å². The lowest BCUT2D eigenvalue weighted by Crippen LogP contribution is -2.10. The molecule has 6 nitrogen and oxygen atoms in total. The molecule has 0 amide bonds. The van der Waals surface area contributed by atoms with Crippen LogP contribution in [0.5, 0.6) is 5.75 Å². The summed E-state index contributed by atoms with van der Waals surface area (Å²) in [5, 5.41) is 19.2. The number of esters is 1. The zero-order valence-electron chi connectivity index (χ0n) is 33.6. The Bertz CT molecular complexity index is 1290. The number of unbranched alkanes of at least 4 members (excludes halogenated alkanes) is 3. The molecule has 0 aliphatic heterocycles. The SMILES string of the molecule is C#CCC.CC.CC(=O)c1ccc(C(=N)C(C)C)cc1.CCC(C)C(=O)OC.CCCC.CCCCC=O.Cc1ccc2cc(O)ccc2c1. The molecule has 3 aromatic rings. The summed E-state index contributed by atoms with van der Waals surface area (Å²) in [5.41, 5.74) is 3.45. The molecule has 0 aromatic heterocycles. The summed E-state index contributed by atoms with van der Waals surface area (Å²) in [6.45, 7) is 23.8. The number of aromatic hydroxyl groups is 1. The number of phenols is 1. The van der Waals surface area contributed by atoms with Crippen LogP contribution in [-0.2, 0) is 14.3 Å². The average Bonchev–Trinajstić information content (AvgIpc) is 3.14. The first kappa shape index (κ1) is 52.6. The maximum absolute atomic E-state index is 11.0. The number of carbonyl (C=O) groups is 3. The van der Waals surface area contributed by atoms with Crippen LogP contribution in [0.1, 0.15) is 143 Å². The van der Waals surface area contributed by atoms with E-state index in [1.807, 2.05) is 78.8 Å². The number of hydrogen-bond donors (Lipinski definition) is 2. The normalized spacial score (nSPS) is 9.54. The van der Waals surface area contributed by atoms with Gasteiger partial charge in [-0.05, 0) is 61.1 Å². The maximum atomic E-state index is 11.0. The number of rotatable bonds is 9. The zero-order chi connectivity index (χ0) is 39.5. The molecule has 50 heavy (non-hydrogen) atoms. The topological polar surface area (TPSA) is 105 Å². The van der Waals surface area contributed by atoms with Crippen molar-refractivity contribution >= 4 is 34.5 Å². The van der Waals surface area contributed by atoms with Gasteiger partial charge in [0.05, 0.1) is 13.0 Å². The Kier molecular flexibility index (Phi) is 37.9. The molecule has 6 heteroatoms. The zero-order valence-corrected chi connectivity index (χ0v) is 33.6. The summed E-state index contributed by atoms with van der Waals surface area (Å²) in [7, 11) is 1.41. The lowest BCUT2D eigenvalue weighted by atomic mass is 9.99. The number of aryl methyl sites for hydroxylation is 1. The quantitative estimate of drug-likeness (QED) is 0.0580. The van der Waals surface area contributed by atoms with Crippen LogP contribution >= 0.6 is 0 Å². The Hall–Kier alpha value is -4.24. The molecule has 0 bridgehead atoms. The predicted molar refractivity (Wildman–Crippen MR) is 217 cm³/mol. The van der Waals surface area contributed by atoms with Crippen LogP contribution in [0, 0.1) is 36.5 Å². The van der Waals surface area contributed by atoms with E-state index in [2.05, 4.69) is 44.4 Å². The first-order valence-corrected chi connectivity index (χ1v) is 18.1. The third-order valence-electron chi connectivity index (χ3n) is 6.75. The van der Waals surface area contributed by atoms with Crippen molar-refractivity contribution in [2.75, 3.05) is 7.11 Å². The highest BCUT2D eigenvalue weighted by molar-refractivity contribution is 6.01. The summed E-state index contributed by atoms with van der Waals surface area (Å²) in [5.74, 6) is 2.98. The Balaban J connectivity index is -0.000000267. The fourth-order valence-corrected chi connectivity index (χ4v) is 3.23. The Morgan fingerprint density at radius 1 is 0.860 bits per heavy atom. The molecule has 3 aromatic carbocycles. The second-order valence-electron chi connectivity index (χ2n) is 11.4. The Morgan fingerprint density at radius 3 is 1.68 bits per heavy atom. The van der Waals surface area contributed by atoms with Gasteiger partial charge in [-0.25, -0.2) is 0 Å². The van der Waals surface area contributed by atoms with Gasteiger partial charge in [0.1, 0.15) is 12.0 Å². The van der Waals surface area contributed by atoms with Crippen molar-refractivity contribution in [1.29, 1.82) is 5.41 Å². The number of aldehydes is 1. The van der Waals surface area contributed by atoms with Crippen molar-refractivity contribution in [2.24, 2.45) is 11.8 Å². The minimum absolute atomic E-state index is 0.0556. The molecule has 0 radical (unpaired) electrons. The molecule has 280 valence electrons. The lowest BCUT2D eigenvalue weighted by molar-refractivity contribution is -0.144. The van der Waals surface area contributed by atoms with Crippen LogP contribution in [0.4, 0.5) is 0 Å². The van der Waals surface area contributed by atoms with E-state index in [0.29, 0.717) is 17.0 Å². The van der Waals surface area contributed by atoms with E-state index < -0.39 is 0 Å². The summed E-state index contributed by atoms with van der Waals surface area (Å²) in [4.78, 5) is 31.1. The van der Waals surface area contributed by atoms with Gasteiger partial charge in [0, 0.05) is 24.1 Å². The number of nitrogens with one attached hydrogen (secondary N) is 1.